The molecule has 1 saturated heterocycles. The monoisotopic (exact) mass is 390 g/mol. The van der Waals surface area contributed by atoms with E-state index in [-0.39, 0.29) is 6.04 Å². The molecule has 2 aromatic carbocycles. The number of hydrogen-bond donors (Lipinski definition) is 1. The van der Waals surface area contributed by atoms with E-state index in [1.165, 1.54) is 5.56 Å². The third-order valence-corrected chi connectivity index (χ3v) is 5.32. The summed E-state index contributed by atoms with van der Waals surface area (Å²) < 4.78 is 10.8. The normalized spacial score (nSPS) is 16.5. The van der Waals surface area contributed by atoms with Crippen molar-refractivity contribution in [3.8, 4) is 11.5 Å². The molecule has 26 heavy (non-hydrogen) atoms. The van der Waals surface area contributed by atoms with Gasteiger partial charge in [0, 0.05) is 6.54 Å². The number of halogens is 1. The van der Waals surface area contributed by atoms with E-state index in [1.54, 1.807) is 14.2 Å². The Morgan fingerprint density at radius 2 is 1.92 bits per heavy atom. The van der Waals surface area contributed by atoms with Crippen LogP contribution >= 0.6 is 23.8 Å². The van der Waals surface area contributed by atoms with Crippen LogP contribution in [0.25, 0.3) is 0 Å². The topological polar surface area (TPSA) is 33.7 Å². The fraction of sp³-hybridized carbons (Fsp3) is 0.350. The Kier molecular flexibility index (Phi) is 5.89. The van der Waals surface area contributed by atoms with E-state index in [9.17, 15) is 0 Å². The first kappa shape index (κ1) is 18.8. The molecular formula is C20H23ClN2O2S. The number of nitrogens with one attached hydrogen (secondary N) is 1. The highest BCUT2D eigenvalue weighted by atomic mass is 35.5. The standard InChI is InChI=1S/C20H23ClN2O2S/c1-13-6-8-16(15(21)11-13)22-20(26)23-10-4-5-17(23)14-7-9-18(24-2)19(12-14)25-3/h6-9,11-12,17H,4-5,10H2,1-3H3,(H,22,26)/t17-/m0/s1. The minimum atomic E-state index is 0.207. The van der Waals surface area contributed by atoms with Crippen molar-refractivity contribution in [3.63, 3.8) is 0 Å². The van der Waals surface area contributed by atoms with Crippen molar-refractivity contribution >= 4 is 34.6 Å². The molecule has 138 valence electrons. The van der Waals surface area contributed by atoms with E-state index in [0.717, 1.165) is 42.1 Å². The van der Waals surface area contributed by atoms with Gasteiger partial charge in [0.15, 0.2) is 16.6 Å². The number of methoxy groups -OCH3 is 2. The Hall–Kier alpha value is -1.98. The van der Waals surface area contributed by atoms with Crippen LogP contribution in [0.2, 0.25) is 5.02 Å². The number of anilines is 1. The Bertz CT molecular complexity index is 812. The predicted octanol–water partition coefficient (Wildman–Crippen LogP) is 5.20. The highest BCUT2D eigenvalue weighted by Gasteiger charge is 2.29. The summed E-state index contributed by atoms with van der Waals surface area (Å²) in [6.07, 6.45) is 2.13. The first-order valence-corrected chi connectivity index (χ1v) is 9.38. The fourth-order valence-corrected chi connectivity index (χ4v) is 3.94. The third kappa shape index (κ3) is 3.89. The molecule has 1 heterocycles. The van der Waals surface area contributed by atoms with Gasteiger partial charge in [-0.25, -0.2) is 0 Å². The van der Waals surface area contributed by atoms with E-state index >= 15 is 0 Å². The van der Waals surface area contributed by atoms with Gasteiger partial charge in [0.05, 0.1) is 31.0 Å². The quantitative estimate of drug-likeness (QED) is 0.725. The molecule has 0 amide bonds. The molecule has 6 heteroatoms. The van der Waals surface area contributed by atoms with Crippen molar-refractivity contribution in [3.05, 3.63) is 52.5 Å². The van der Waals surface area contributed by atoms with Crippen molar-refractivity contribution in [2.75, 3.05) is 26.1 Å². The number of hydrogen-bond acceptors (Lipinski definition) is 3. The van der Waals surface area contributed by atoms with E-state index in [2.05, 4.69) is 16.3 Å². The molecule has 0 aliphatic carbocycles. The van der Waals surface area contributed by atoms with Gasteiger partial charge >= 0.3 is 0 Å². The van der Waals surface area contributed by atoms with Gasteiger partial charge < -0.3 is 19.7 Å². The second kappa shape index (κ2) is 8.14. The molecule has 0 spiro atoms. The molecule has 1 atom stereocenters. The van der Waals surface area contributed by atoms with E-state index in [4.69, 9.17) is 33.3 Å². The number of ether oxygens (including phenoxy) is 2. The van der Waals surface area contributed by atoms with Crippen molar-refractivity contribution in [1.29, 1.82) is 0 Å². The summed E-state index contributed by atoms with van der Waals surface area (Å²) in [5.74, 6) is 1.46. The molecule has 0 unspecified atom stereocenters. The van der Waals surface area contributed by atoms with E-state index < -0.39 is 0 Å². The van der Waals surface area contributed by atoms with Gasteiger partial charge in [-0.2, -0.15) is 0 Å². The zero-order valence-electron chi connectivity index (χ0n) is 15.2. The molecule has 0 bridgehead atoms. The van der Waals surface area contributed by atoms with E-state index in [1.807, 2.05) is 37.3 Å². The van der Waals surface area contributed by atoms with Gasteiger partial charge in [-0.3, -0.25) is 0 Å². The lowest BCUT2D eigenvalue weighted by Gasteiger charge is -2.28. The molecule has 1 aliphatic heterocycles. The largest absolute Gasteiger partial charge is 0.493 e. The second-order valence-corrected chi connectivity index (χ2v) is 7.17. The van der Waals surface area contributed by atoms with Gasteiger partial charge in [0.25, 0.3) is 0 Å². The zero-order chi connectivity index (χ0) is 18.7. The Labute approximate surface area is 165 Å². The highest BCUT2D eigenvalue weighted by molar-refractivity contribution is 7.80. The minimum absolute atomic E-state index is 0.207. The summed E-state index contributed by atoms with van der Waals surface area (Å²) in [6, 6.07) is 12.2. The summed E-state index contributed by atoms with van der Waals surface area (Å²) in [6.45, 7) is 2.93. The van der Waals surface area contributed by atoms with Crippen LogP contribution in [0, 0.1) is 6.92 Å². The van der Waals surface area contributed by atoms with Gasteiger partial charge in [-0.05, 0) is 67.4 Å². The Balaban J connectivity index is 1.80. The van der Waals surface area contributed by atoms with Crippen LogP contribution in [-0.4, -0.2) is 30.8 Å². The summed E-state index contributed by atoms with van der Waals surface area (Å²) >= 11 is 12.0. The maximum absolute atomic E-state index is 6.34. The Morgan fingerprint density at radius 1 is 1.15 bits per heavy atom. The van der Waals surface area contributed by atoms with Crippen LogP contribution in [0.5, 0.6) is 11.5 Å². The second-order valence-electron chi connectivity index (χ2n) is 6.38. The van der Waals surface area contributed by atoms with Crippen molar-refractivity contribution in [2.45, 2.75) is 25.8 Å². The first-order valence-electron chi connectivity index (χ1n) is 8.59. The predicted molar refractivity (Wildman–Crippen MR) is 111 cm³/mol. The van der Waals surface area contributed by atoms with Gasteiger partial charge in [0.2, 0.25) is 0 Å². The van der Waals surface area contributed by atoms with Crippen LogP contribution in [0.1, 0.15) is 30.0 Å². The molecule has 3 rings (SSSR count). The fourth-order valence-electron chi connectivity index (χ4n) is 3.32. The summed E-state index contributed by atoms with van der Waals surface area (Å²) in [7, 11) is 3.30. The van der Waals surface area contributed by atoms with Gasteiger partial charge in [-0.1, -0.05) is 23.7 Å². The van der Waals surface area contributed by atoms with Gasteiger partial charge in [-0.15, -0.1) is 0 Å². The van der Waals surface area contributed by atoms with Crippen LogP contribution in [0.4, 0.5) is 5.69 Å². The molecule has 1 N–H and O–H groups in total. The number of rotatable bonds is 4. The molecule has 1 aliphatic rings. The summed E-state index contributed by atoms with van der Waals surface area (Å²) in [5, 5.41) is 4.66. The number of thiocarbonyl (C=S) groups is 1. The van der Waals surface area contributed by atoms with Crippen molar-refractivity contribution in [1.82, 2.24) is 4.90 Å². The average molecular weight is 391 g/mol. The molecule has 4 nitrogen and oxygen atoms in total. The van der Waals surface area contributed by atoms with Gasteiger partial charge in [0.1, 0.15) is 0 Å². The maximum atomic E-state index is 6.34. The zero-order valence-corrected chi connectivity index (χ0v) is 16.8. The lowest BCUT2D eigenvalue weighted by molar-refractivity contribution is 0.351. The smallest absolute Gasteiger partial charge is 0.173 e. The average Bonchev–Trinajstić information content (AvgIpc) is 3.13. The van der Waals surface area contributed by atoms with Crippen LogP contribution in [0.3, 0.4) is 0 Å². The molecule has 1 fully saturated rings. The minimum Gasteiger partial charge on any atom is -0.493 e. The number of aryl methyl sites for hydroxylation is 1. The number of benzene rings is 2. The summed E-state index contributed by atoms with van der Waals surface area (Å²) in [4.78, 5) is 2.22. The number of nitrogens with zero attached hydrogens (tertiary/aromatic N) is 1. The molecule has 0 aromatic heterocycles. The molecule has 0 radical (unpaired) electrons. The van der Waals surface area contributed by atoms with Crippen LogP contribution in [-0.2, 0) is 0 Å². The maximum Gasteiger partial charge on any atom is 0.173 e. The van der Waals surface area contributed by atoms with E-state index in [0.29, 0.717) is 10.1 Å². The first-order chi connectivity index (χ1) is 12.5. The summed E-state index contributed by atoms with van der Waals surface area (Å²) in [5.41, 5.74) is 3.12. The number of likely N-dealkylation sites (tertiary alicyclic amines) is 1. The Morgan fingerprint density at radius 3 is 2.62 bits per heavy atom. The van der Waals surface area contributed by atoms with Crippen LogP contribution in [0.15, 0.2) is 36.4 Å². The van der Waals surface area contributed by atoms with Crippen molar-refractivity contribution < 1.29 is 9.47 Å². The lowest BCUT2D eigenvalue weighted by atomic mass is 10.0. The SMILES string of the molecule is COc1ccc([C@@H]2CCCN2C(=S)Nc2ccc(C)cc2Cl)cc1OC. The molecule has 2 aromatic rings. The van der Waals surface area contributed by atoms with Crippen LogP contribution < -0.4 is 14.8 Å². The molecule has 0 saturated carbocycles. The lowest BCUT2D eigenvalue weighted by Crippen LogP contribution is -2.34. The molecular weight excluding hydrogens is 368 g/mol. The van der Waals surface area contributed by atoms with Crippen molar-refractivity contribution in [2.24, 2.45) is 0 Å². The third-order valence-electron chi connectivity index (χ3n) is 4.67. The highest BCUT2D eigenvalue weighted by Crippen LogP contribution is 2.37.